The van der Waals surface area contributed by atoms with Gasteiger partial charge in [0.15, 0.2) is 0 Å². The van der Waals surface area contributed by atoms with Crippen molar-refractivity contribution in [3.05, 3.63) is 0 Å². The summed E-state index contributed by atoms with van der Waals surface area (Å²) >= 11 is 0. The third-order valence-corrected chi connectivity index (χ3v) is 5.31. The van der Waals surface area contributed by atoms with Crippen molar-refractivity contribution in [1.29, 1.82) is 0 Å². The maximum absolute atomic E-state index is 6.03. The molecule has 3 nitrogen and oxygen atoms in total. The summed E-state index contributed by atoms with van der Waals surface area (Å²) in [7, 11) is 0. The van der Waals surface area contributed by atoms with E-state index in [0.29, 0.717) is 6.10 Å². The van der Waals surface area contributed by atoms with Gasteiger partial charge >= 0.3 is 0 Å². The summed E-state index contributed by atoms with van der Waals surface area (Å²) in [4.78, 5) is 2.78. The Bertz CT molecular complexity index is 301. The van der Waals surface area contributed by atoms with Crippen LogP contribution in [0.4, 0.5) is 0 Å². The third-order valence-electron chi connectivity index (χ3n) is 5.31. The van der Waals surface area contributed by atoms with Gasteiger partial charge in [-0.1, -0.05) is 0 Å². The van der Waals surface area contributed by atoms with Crippen LogP contribution in [0.2, 0.25) is 0 Å². The highest BCUT2D eigenvalue weighted by Gasteiger charge is 2.44. The van der Waals surface area contributed by atoms with E-state index in [1.807, 2.05) is 0 Å². The van der Waals surface area contributed by atoms with E-state index in [1.54, 1.807) is 0 Å². The standard InChI is InChI=1S/C15H26N2O/c1-7-16-13(11-2-3-11)10-17(8-1)14-6-9-18-15(14)12-4-5-12/h11-16H,1-10H2. The Morgan fingerprint density at radius 1 is 1.00 bits per heavy atom. The zero-order chi connectivity index (χ0) is 11.9. The molecule has 2 aliphatic heterocycles. The highest BCUT2D eigenvalue weighted by atomic mass is 16.5. The quantitative estimate of drug-likeness (QED) is 0.824. The van der Waals surface area contributed by atoms with Crippen molar-refractivity contribution < 1.29 is 4.74 Å². The van der Waals surface area contributed by atoms with Crippen LogP contribution in [0.3, 0.4) is 0 Å². The van der Waals surface area contributed by atoms with E-state index in [9.17, 15) is 0 Å². The maximum Gasteiger partial charge on any atom is 0.0759 e. The highest BCUT2D eigenvalue weighted by Crippen LogP contribution is 2.41. The summed E-state index contributed by atoms with van der Waals surface area (Å²) in [5, 5.41) is 3.77. The van der Waals surface area contributed by atoms with Crippen molar-refractivity contribution in [2.45, 2.75) is 56.7 Å². The number of nitrogens with one attached hydrogen (secondary N) is 1. The smallest absolute Gasteiger partial charge is 0.0759 e. The van der Waals surface area contributed by atoms with Crippen LogP contribution in [-0.4, -0.2) is 49.3 Å². The van der Waals surface area contributed by atoms with Gasteiger partial charge in [-0.2, -0.15) is 0 Å². The number of hydrogen-bond acceptors (Lipinski definition) is 3. The molecule has 0 spiro atoms. The Hall–Kier alpha value is -0.120. The monoisotopic (exact) mass is 250 g/mol. The molecule has 2 heterocycles. The van der Waals surface area contributed by atoms with E-state index in [1.165, 1.54) is 58.2 Å². The van der Waals surface area contributed by atoms with Gasteiger partial charge in [-0.3, -0.25) is 4.90 Å². The first-order chi connectivity index (χ1) is 8.92. The molecule has 3 atom stereocenters. The first-order valence-corrected chi connectivity index (χ1v) is 8.01. The zero-order valence-corrected chi connectivity index (χ0v) is 11.3. The molecule has 18 heavy (non-hydrogen) atoms. The Balaban J connectivity index is 1.44. The summed E-state index contributed by atoms with van der Waals surface area (Å²) in [6.45, 7) is 4.79. The number of hydrogen-bond donors (Lipinski definition) is 1. The molecule has 2 aliphatic carbocycles. The summed E-state index contributed by atoms with van der Waals surface area (Å²) < 4.78 is 6.03. The van der Waals surface area contributed by atoms with Crippen molar-refractivity contribution in [3.8, 4) is 0 Å². The Morgan fingerprint density at radius 2 is 1.83 bits per heavy atom. The lowest BCUT2D eigenvalue weighted by molar-refractivity contribution is 0.0444. The lowest BCUT2D eigenvalue weighted by atomic mass is 10.0. The van der Waals surface area contributed by atoms with Crippen LogP contribution in [0.1, 0.15) is 38.5 Å². The van der Waals surface area contributed by atoms with E-state index >= 15 is 0 Å². The average molecular weight is 250 g/mol. The molecule has 3 unspecified atom stereocenters. The van der Waals surface area contributed by atoms with E-state index in [4.69, 9.17) is 4.74 Å². The highest BCUT2D eigenvalue weighted by molar-refractivity contribution is 4.98. The second-order valence-corrected chi connectivity index (χ2v) is 6.78. The van der Waals surface area contributed by atoms with Gasteiger partial charge in [0, 0.05) is 25.2 Å². The van der Waals surface area contributed by atoms with E-state index in [2.05, 4.69) is 10.2 Å². The molecule has 0 aromatic carbocycles. The SMILES string of the molecule is C1CNC(C2CC2)CN(C2CCOC2C2CC2)C1. The molecule has 1 N–H and O–H groups in total. The minimum Gasteiger partial charge on any atom is -0.376 e. The van der Waals surface area contributed by atoms with Gasteiger partial charge in [-0.15, -0.1) is 0 Å². The molecule has 0 amide bonds. The fourth-order valence-electron chi connectivity index (χ4n) is 3.96. The normalized spacial score (nSPS) is 43.0. The molecule has 4 rings (SSSR count). The van der Waals surface area contributed by atoms with Gasteiger partial charge in [0.25, 0.3) is 0 Å². The Labute approximate surface area is 110 Å². The molecular weight excluding hydrogens is 224 g/mol. The minimum atomic E-state index is 0.572. The molecule has 4 aliphatic rings. The van der Waals surface area contributed by atoms with Crippen LogP contribution in [0.15, 0.2) is 0 Å². The predicted molar refractivity (Wildman–Crippen MR) is 71.6 cm³/mol. The summed E-state index contributed by atoms with van der Waals surface area (Å²) in [5.74, 6) is 1.88. The molecule has 2 saturated carbocycles. The molecule has 102 valence electrons. The second kappa shape index (κ2) is 4.77. The fourth-order valence-corrected chi connectivity index (χ4v) is 3.96. The van der Waals surface area contributed by atoms with E-state index < -0.39 is 0 Å². The van der Waals surface area contributed by atoms with Crippen molar-refractivity contribution in [1.82, 2.24) is 10.2 Å². The average Bonchev–Trinajstić information content (AvgIpc) is 3.26. The number of ether oxygens (including phenoxy) is 1. The third kappa shape index (κ3) is 2.33. The van der Waals surface area contributed by atoms with E-state index in [-0.39, 0.29) is 0 Å². The molecule has 0 aromatic heterocycles. The summed E-state index contributed by atoms with van der Waals surface area (Å²) in [6.07, 6.45) is 8.91. The first-order valence-electron chi connectivity index (χ1n) is 8.01. The largest absolute Gasteiger partial charge is 0.376 e. The molecule has 2 saturated heterocycles. The first kappa shape index (κ1) is 11.7. The lowest BCUT2D eigenvalue weighted by Gasteiger charge is -2.33. The zero-order valence-electron chi connectivity index (χ0n) is 11.3. The van der Waals surface area contributed by atoms with Gasteiger partial charge in [-0.25, -0.2) is 0 Å². The van der Waals surface area contributed by atoms with Crippen molar-refractivity contribution in [3.63, 3.8) is 0 Å². The van der Waals surface area contributed by atoms with Crippen molar-refractivity contribution >= 4 is 0 Å². The summed E-state index contributed by atoms with van der Waals surface area (Å²) in [5.41, 5.74) is 0. The number of nitrogens with zero attached hydrogens (tertiary/aromatic N) is 1. The van der Waals surface area contributed by atoms with Gasteiger partial charge in [0.2, 0.25) is 0 Å². The molecular formula is C15H26N2O. The topological polar surface area (TPSA) is 24.5 Å². The molecule has 0 radical (unpaired) electrons. The predicted octanol–water partition coefficient (Wildman–Crippen LogP) is 1.63. The van der Waals surface area contributed by atoms with Gasteiger partial charge in [-0.05, 0) is 63.5 Å². The van der Waals surface area contributed by atoms with Crippen LogP contribution < -0.4 is 5.32 Å². The molecule has 0 bridgehead atoms. The maximum atomic E-state index is 6.03. The molecule has 3 heteroatoms. The molecule has 4 fully saturated rings. The number of rotatable bonds is 3. The minimum absolute atomic E-state index is 0.572. The van der Waals surface area contributed by atoms with Crippen LogP contribution in [-0.2, 0) is 4.74 Å². The Kier molecular flexibility index (Phi) is 3.10. The van der Waals surface area contributed by atoms with Crippen LogP contribution in [0.25, 0.3) is 0 Å². The van der Waals surface area contributed by atoms with Gasteiger partial charge in [0.05, 0.1) is 6.10 Å². The van der Waals surface area contributed by atoms with Crippen molar-refractivity contribution in [2.75, 3.05) is 26.2 Å². The Morgan fingerprint density at radius 3 is 2.61 bits per heavy atom. The van der Waals surface area contributed by atoms with Crippen molar-refractivity contribution in [2.24, 2.45) is 11.8 Å². The van der Waals surface area contributed by atoms with Gasteiger partial charge in [0.1, 0.15) is 0 Å². The van der Waals surface area contributed by atoms with E-state index in [0.717, 1.165) is 30.5 Å². The van der Waals surface area contributed by atoms with Gasteiger partial charge < -0.3 is 10.1 Å². The fraction of sp³-hybridized carbons (Fsp3) is 1.00. The van der Waals surface area contributed by atoms with Crippen LogP contribution in [0, 0.1) is 11.8 Å². The van der Waals surface area contributed by atoms with Crippen LogP contribution >= 0.6 is 0 Å². The lowest BCUT2D eigenvalue weighted by Crippen LogP contribution is -2.47. The second-order valence-electron chi connectivity index (χ2n) is 6.78. The van der Waals surface area contributed by atoms with Crippen LogP contribution in [0.5, 0.6) is 0 Å². The summed E-state index contributed by atoms with van der Waals surface area (Å²) in [6, 6.07) is 1.51. The molecule has 0 aromatic rings.